The molecule has 1 aromatic rings. The van der Waals surface area contributed by atoms with E-state index in [1.54, 1.807) is 0 Å². The van der Waals surface area contributed by atoms with Crippen molar-refractivity contribution in [2.75, 3.05) is 7.11 Å². The SMILES string of the molecule is CCC(C(=O)OOC)c1ccccc1C. The summed E-state index contributed by atoms with van der Waals surface area (Å²) < 4.78 is 0. The summed E-state index contributed by atoms with van der Waals surface area (Å²) in [5.41, 5.74) is 2.10. The minimum atomic E-state index is -0.339. The lowest BCUT2D eigenvalue weighted by Crippen LogP contribution is -2.15. The third kappa shape index (κ3) is 2.80. The number of carbonyl (C=O) groups is 1. The van der Waals surface area contributed by atoms with Gasteiger partial charge in [0.2, 0.25) is 0 Å². The quantitative estimate of drug-likeness (QED) is 0.563. The highest BCUT2D eigenvalue weighted by atomic mass is 17.2. The van der Waals surface area contributed by atoms with Crippen LogP contribution in [0.3, 0.4) is 0 Å². The highest BCUT2D eigenvalue weighted by Crippen LogP contribution is 2.24. The zero-order chi connectivity index (χ0) is 11.3. The zero-order valence-electron chi connectivity index (χ0n) is 9.32. The molecular weight excluding hydrogens is 192 g/mol. The van der Waals surface area contributed by atoms with Crippen molar-refractivity contribution >= 4 is 5.97 Å². The van der Waals surface area contributed by atoms with E-state index in [4.69, 9.17) is 0 Å². The first kappa shape index (κ1) is 11.7. The Kier molecular flexibility index (Phi) is 4.31. The van der Waals surface area contributed by atoms with Gasteiger partial charge in [-0.05, 0) is 24.5 Å². The predicted molar refractivity (Wildman–Crippen MR) is 57.3 cm³/mol. The van der Waals surface area contributed by atoms with E-state index < -0.39 is 0 Å². The third-order valence-corrected chi connectivity index (χ3v) is 2.42. The molecule has 1 atom stereocenters. The van der Waals surface area contributed by atoms with Gasteiger partial charge in [0.25, 0.3) is 0 Å². The van der Waals surface area contributed by atoms with E-state index in [2.05, 4.69) is 9.78 Å². The molecule has 0 heterocycles. The number of hydrogen-bond acceptors (Lipinski definition) is 3. The Balaban J connectivity index is 2.92. The van der Waals surface area contributed by atoms with Gasteiger partial charge in [-0.3, -0.25) is 4.89 Å². The molecule has 0 bridgehead atoms. The van der Waals surface area contributed by atoms with Gasteiger partial charge >= 0.3 is 5.97 Å². The number of benzene rings is 1. The summed E-state index contributed by atoms with van der Waals surface area (Å²) in [6.45, 7) is 3.94. The van der Waals surface area contributed by atoms with E-state index in [-0.39, 0.29) is 11.9 Å². The Morgan fingerprint density at radius 1 is 1.40 bits per heavy atom. The lowest BCUT2D eigenvalue weighted by molar-refractivity contribution is -0.256. The molecule has 0 spiro atoms. The van der Waals surface area contributed by atoms with Crippen molar-refractivity contribution in [1.82, 2.24) is 0 Å². The molecule has 82 valence electrons. The molecular formula is C12H16O3. The van der Waals surface area contributed by atoms with Gasteiger partial charge in [-0.15, -0.1) is 0 Å². The van der Waals surface area contributed by atoms with Gasteiger partial charge in [0, 0.05) is 0 Å². The highest BCUT2D eigenvalue weighted by molar-refractivity contribution is 5.78. The molecule has 0 saturated carbocycles. The second-order valence-corrected chi connectivity index (χ2v) is 3.39. The van der Waals surface area contributed by atoms with Gasteiger partial charge in [-0.25, -0.2) is 4.79 Å². The summed E-state index contributed by atoms with van der Waals surface area (Å²) >= 11 is 0. The summed E-state index contributed by atoms with van der Waals surface area (Å²) in [6.07, 6.45) is 0.701. The molecule has 0 fully saturated rings. The van der Waals surface area contributed by atoms with Crippen molar-refractivity contribution < 1.29 is 14.6 Å². The van der Waals surface area contributed by atoms with Gasteiger partial charge in [0.05, 0.1) is 13.0 Å². The molecule has 0 aliphatic rings. The molecule has 1 unspecified atom stereocenters. The Hall–Kier alpha value is -1.35. The maximum absolute atomic E-state index is 11.6. The van der Waals surface area contributed by atoms with Crippen molar-refractivity contribution in [2.24, 2.45) is 0 Å². The molecule has 15 heavy (non-hydrogen) atoms. The van der Waals surface area contributed by atoms with Crippen LogP contribution in [0.2, 0.25) is 0 Å². The maximum atomic E-state index is 11.6. The van der Waals surface area contributed by atoms with Crippen LogP contribution in [0.1, 0.15) is 30.4 Å². The summed E-state index contributed by atoms with van der Waals surface area (Å²) in [6, 6.07) is 7.80. The van der Waals surface area contributed by atoms with Crippen LogP contribution in [0.15, 0.2) is 24.3 Å². The van der Waals surface area contributed by atoms with Crippen molar-refractivity contribution in [3.05, 3.63) is 35.4 Å². The molecule has 1 aromatic carbocycles. The van der Waals surface area contributed by atoms with E-state index in [1.165, 1.54) is 7.11 Å². The Labute approximate surface area is 89.9 Å². The third-order valence-electron chi connectivity index (χ3n) is 2.42. The molecule has 0 aliphatic carbocycles. The Bertz CT molecular complexity index is 333. The minimum Gasteiger partial charge on any atom is -0.298 e. The Morgan fingerprint density at radius 2 is 2.07 bits per heavy atom. The molecule has 0 amide bonds. The summed E-state index contributed by atoms with van der Waals surface area (Å²) in [7, 11) is 1.34. The molecule has 0 N–H and O–H groups in total. The van der Waals surface area contributed by atoms with Gasteiger partial charge in [-0.2, -0.15) is 4.89 Å². The fraction of sp³-hybridized carbons (Fsp3) is 0.417. The fourth-order valence-electron chi connectivity index (χ4n) is 1.63. The summed E-state index contributed by atoms with van der Waals surface area (Å²) in [5.74, 6) is -0.583. The monoisotopic (exact) mass is 208 g/mol. The van der Waals surface area contributed by atoms with Crippen LogP contribution in [-0.2, 0) is 14.6 Å². The van der Waals surface area contributed by atoms with Crippen molar-refractivity contribution in [3.63, 3.8) is 0 Å². The van der Waals surface area contributed by atoms with Crippen LogP contribution in [0.25, 0.3) is 0 Å². The topological polar surface area (TPSA) is 35.5 Å². The van der Waals surface area contributed by atoms with Crippen LogP contribution in [0.4, 0.5) is 0 Å². The van der Waals surface area contributed by atoms with Gasteiger partial charge in [0.1, 0.15) is 0 Å². The first-order chi connectivity index (χ1) is 7.20. The number of rotatable bonds is 4. The normalized spacial score (nSPS) is 12.2. The van der Waals surface area contributed by atoms with Crippen LogP contribution in [0.5, 0.6) is 0 Å². The largest absolute Gasteiger partial charge is 0.349 e. The van der Waals surface area contributed by atoms with Crippen LogP contribution in [0, 0.1) is 6.92 Å². The average molecular weight is 208 g/mol. The van der Waals surface area contributed by atoms with Crippen LogP contribution < -0.4 is 0 Å². The van der Waals surface area contributed by atoms with Crippen LogP contribution in [-0.4, -0.2) is 13.1 Å². The van der Waals surface area contributed by atoms with Gasteiger partial charge < -0.3 is 0 Å². The lowest BCUT2D eigenvalue weighted by Gasteiger charge is -2.14. The maximum Gasteiger partial charge on any atom is 0.349 e. The van der Waals surface area contributed by atoms with Gasteiger partial charge in [-0.1, -0.05) is 31.2 Å². The molecule has 0 saturated heterocycles. The predicted octanol–water partition coefficient (Wildman–Crippen LogP) is 2.59. The van der Waals surface area contributed by atoms with E-state index in [1.807, 2.05) is 38.1 Å². The van der Waals surface area contributed by atoms with Crippen molar-refractivity contribution in [2.45, 2.75) is 26.2 Å². The smallest absolute Gasteiger partial charge is 0.298 e. The number of hydrogen-bond donors (Lipinski definition) is 0. The first-order valence-corrected chi connectivity index (χ1v) is 5.00. The van der Waals surface area contributed by atoms with E-state index >= 15 is 0 Å². The van der Waals surface area contributed by atoms with Crippen LogP contribution >= 0.6 is 0 Å². The molecule has 3 nitrogen and oxygen atoms in total. The number of aryl methyl sites for hydroxylation is 1. The molecule has 0 aliphatic heterocycles. The van der Waals surface area contributed by atoms with E-state index in [0.29, 0.717) is 6.42 Å². The van der Waals surface area contributed by atoms with Crippen molar-refractivity contribution in [3.8, 4) is 0 Å². The van der Waals surface area contributed by atoms with Gasteiger partial charge in [0.15, 0.2) is 0 Å². The molecule has 0 radical (unpaired) electrons. The second-order valence-electron chi connectivity index (χ2n) is 3.39. The summed E-state index contributed by atoms with van der Waals surface area (Å²) in [4.78, 5) is 20.5. The second kappa shape index (κ2) is 5.51. The minimum absolute atomic E-state index is 0.244. The van der Waals surface area contributed by atoms with E-state index in [0.717, 1.165) is 11.1 Å². The fourth-order valence-corrected chi connectivity index (χ4v) is 1.63. The first-order valence-electron chi connectivity index (χ1n) is 5.00. The zero-order valence-corrected chi connectivity index (χ0v) is 9.32. The molecule has 0 aromatic heterocycles. The molecule has 3 heteroatoms. The van der Waals surface area contributed by atoms with Crippen molar-refractivity contribution in [1.29, 1.82) is 0 Å². The average Bonchev–Trinajstić information content (AvgIpc) is 2.22. The highest BCUT2D eigenvalue weighted by Gasteiger charge is 2.22. The summed E-state index contributed by atoms with van der Waals surface area (Å²) in [5, 5.41) is 0. The molecule has 1 rings (SSSR count). The van der Waals surface area contributed by atoms with E-state index in [9.17, 15) is 4.79 Å². The lowest BCUT2D eigenvalue weighted by atomic mass is 9.93. The Morgan fingerprint density at radius 3 is 2.60 bits per heavy atom. The standard InChI is InChI=1S/C12H16O3/c1-4-10(12(13)15-14-3)11-8-6-5-7-9(11)2/h5-8,10H,4H2,1-3H3. The number of carbonyl (C=O) groups excluding carboxylic acids is 1.